The monoisotopic (exact) mass is 299 g/mol. The van der Waals surface area contributed by atoms with E-state index in [2.05, 4.69) is 0 Å². The highest BCUT2D eigenvalue weighted by Gasteiger charge is 2.27. The number of rotatable bonds is 3. The Labute approximate surface area is 129 Å². The fraction of sp³-hybridized carbons (Fsp3) is 0.278. The lowest BCUT2D eigenvalue weighted by molar-refractivity contribution is -0.129. The first-order valence-corrected chi connectivity index (χ1v) is 7.43. The standard InChI is InChI=1S/C18H18FNO2/c19-16-6-4-14(5-7-16)15-8-9-20(12-15)18(22)11-13-2-1-3-17(21)10-13/h1-7,10,15,21H,8-9,11-12H2. The number of phenolic OH excluding ortho intramolecular Hbond substituents is 1. The first-order chi connectivity index (χ1) is 10.6. The Morgan fingerprint density at radius 3 is 2.73 bits per heavy atom. The van der Waals surface area contributed by atoms with Crippen molar-refractivity contribution in [3.05, 3.63) is 65.5 Å². The van der Waals surface area contributed by atoms with Crippen molar-refractivity contribution < 1.29 is 14.3 Å². The number of phenols is 1. The minimum atomic E-state index is -0.237. The van der Waals surface area contributed by atoms with E-state index >= 15 is 0 Å². The van der Waals surface area contributed by atoms with Crippen LogP contribution in [0.2, 0.25) is 0 Å². The van der Waals surface area contributed by atoms with Gasteiger partial charge in [0.2, 0.25) is 5.91 Å². The molecule has 0 spiro atoms. The number of hydrogen-bond donors (Lipinski definition) is 1. The summed E-state index contributed by atoms with van der Waals surface area (Å²) in [7, 11) is 0. The van der Waals surface area contributed by atoms with E-state index in [0.717, 1.165) is 24.1 Å². The minimum Gasteiger partial charge on any atom is -0.508 e. The molecule has 114 valence electrons. The van der Waals surface area contributed by atoms with E-state index in [1.54, 1.807) is 30.3 Å². The summed E-state index contributed by atoms with van der Waals surface area (Å²) < 4.78 is 13.0. The number of nitrogens with zero attached hydrogens (tertiary/aromatic N) is 1. The largest absolute Gasteiger partial charge is 0.508 e. The number of likely N-dealkylation sites (tertiary alicyclic amines) is 1. The molecular formula is C18H18FNO2. The van der Waals surface area contributed by atoms with E-state index in [1.165, 1.54) is 12.1 Å². The van der Waals surface area contributed by atoms with Crippen molar-refractivity contribution in [3.63, 3.8) is 0 Å². The molecule has 1 aliphatic heterocycles. The molecule has 0 bridgehead atoms. The second kappa shape index (κ2) is 6.18. The molecule has 0 aliphatic carbocycles. The van der Waals surface area contributed by atoms with E-state index in [0.29, 0.717) is 13.0 Å². The summed E-state index contributed by atoms with van der Waals surface area (Å²) >= 11 is 0. The molecule has 4 heteroatoms. The highest BCUT2D eigenvalue weighted by atomic mass is 19.1. The number of aromatic hydroxyl groups is 1. The Hall–Kier alpha value is -2.36. The lowest BCUT2D eigenvalue weighted by Crippen LogP contribution is -2.29. The topological polar surface area (TPSA) is 40.5 Å². The summed E-state index contributed by atoms with van der Waals surface area (Å²) in [6.07, 6.45) is 1.20. The lowest BCUT2D eigenvalue weighted by Gasteiger charge is -2.17. The zero-order valence-electron chi connectivity index (χ0n) is 12.2. The molecule has 22 heavy (non-hydrogen) atoms. The van der Waals surface area contributed by atoms with Crippen LogP contribution in [0.3, 0.4) is 0 Å². The Bertz CT molecular complexity index is 669. The van der Waals surface area contributed by atoms with E-state index < -0.39 is 0 Å². The van der Waals surface area contributed by atoms with Gasteiger partial charge in [0.05, 0.1) is 6.42 Å². The molecule has 1 amide bonds. The average Bonchev–Trinajstić information content (AvgIpc) is 2.98. The molecule has 3 nitrogen and oxygen atoms in total. The second-order valence-corrected chi connectivity index (χ2v) is 5.72. The maximum atomic E-state index is 13.0. The van der Waals surface area contributed by atoms with Gasteiger partial charge >= 0.3 is 0 Å². The summed E-state index contributed by atoms with van der Waals surface area (Å²) in [5.41, 5.74) is 1.89. The van der Waals surface area contributed by atoms with Crippen LogP contribution in [0.5, 0.6) is 5.75 Å². The molecule has 1 atom stereocenters. The number of amides is 1. The second-order valence-electron chi connectivity index (χ2n) is 5.72. The smallest absolute Gasteiger partial charge is 0.227 e. The zero-order valence-corrected chi connectivity index (χ0v) is 12.2. The van der Waals surface area contributed by atoms with Crippen LogP contribution in [-0.4, -0.2) is 29.0 Å². The Kier molecular flexibility index (Phi) is 4.09. The molecule has 1 saturated heterocycles. The van der Waals surface area contributed by atoms with Gasteiger partial charge in [0, 0.05) is 19.0 Å². The number of benzene rings is 2. The average molecular weight is 299 g/mol. The van der Waals surface area contributed by atoms with E-state index in [4.69, 9.17) is 0 Å². The maximum absolute atomic E-state index is 13.0. The molecule has 1 fully saturated rings. The molecule has 0 saturated carbocycles. The van der Waals surface area contributed by atoms with Gasteiger partial charge in [-0.05, 0) is 41.8 Å². The minimum absolute atomic E-state index is 0.0650. The normalized spacial score (nSPS) is 17.7. The number of hydrogen-bond acceptors (Lipinski definition) is 2. The van der Waals surface area contributed by atoms with Crippen LogP contribution in [0.25, 0.3) is 0 Å². The molecule has 1 unspecified atom stereocenters. The highest BCUT2D eigenvalue weighted by Crippen LogP contribution is 2.27. The summed E-state index contributed by atoms with van der Waals surface area (Å²) in [6.45, 7) is 1.39. The van der Waals surface area contributed by atoms with E-state index in [9.17, 15) is 14.3 Å². The molecule has 0 radical (unpaired) electrons. The quantitative estimate of drug-likeness (QED) is 0.946. The summed E-state index contributed by atoms with van der Waals surface area (Å²) in [4.78, 5) is 14.2. The fourth-order valence-electron chi connectivity index (χ4n) is 2.95. The number of carbonyl (C=O) groups is 1. The van der Waals surface area contributed by atoms with E-state index in [1.807, 2.05) is 11.0 Å². The maximum Gasteiger partial charge on any atom is 0.227 e. The Morgan fingerprint density at radius 2 is 2.00 bits per heavy atom. The van der Waals surface area contributed by atoms with Gasteiger partial charge in [-0.3, -0.25) is 4.79 Å². The Balaban J connectivity index is 1.62. The van der Waals surface area contributed by atoms with Crippen molar-refractivity contribution in [3.8, 4) is 5.75 Å². The molecule has 1 heterocycles. The van der Waals surface area contributed by atoms with E-state index in [-0.39, 0.29) is 23.4 Å². The van der Waals surface area contributed by atoms with Gasteiger partial charge in [-0.15, -0.1) is 0 Å². The van der Waals surface area contributed by atoms with Crippen LogP contribution >= 0.6 is 0 Å². The number of halogens is 1. The van der Waals surface area contributed by atoms with Crippen molar-refractivity contribution in [1.82, 2.24) is 4.90 Å². The summed E-state index contributed by atoms with van der Waals surface area (Å²) in [5, 5.41) is 9.45. The van der Waals surface area contributed by atoms with Gasteiger partial charge < -0.3 is 10.0 Å². The summed E-state index contributed by atoms with van der Waals surface area (Å²) in [5.74, 6) is 0.276. The van der Waals surface area contributed by atoms with Gasteiger partial charge in [-0.25, -0.2) is 4.39 Å². The van der Waals surface area contributed by atoms with Crippen molar-refractivity contribution in [1.29, 1.82) is 0 Å². The highest BCUT2D eigenvalue weighted by molar-refractivity contribution is 5.79. The van der Waals surface area contributed by atoms with Crippen LogP contribution in [0.4, 0.5) is 4.39 Å². The molecule has 0 aromatic heterocycles. The SMILES string of the molecule is O=C(Cc1cccc(O)c1)N1CCC(c2ccc(F)cc2)C1. The van der Waals surface area contributed by atoms with Crippen LogP contribution in [0.1, 0.15) is 23.5 Å². The van der Waals surface area contributed by atoms with Crippen LogP contribution in [-0.2, 0) is 11.2 Å². The van der Waals surface area contributed by atoms with Gasteiger partial charge in [-0.1, -0.05) is 24.3 Å². The first-order valence-electron chi connectivity index (χ1n) is 7.43. The van der Waals surface area contributed by atoms with Crippen molar-refractivity contribution >= 4 is 5.91 Å². The third-order valence-corrected chi connectivity index (χ3v) is 4.15. The molecule has 3 rings (SSSR count). The number of carbonyl (C=O) groups excluding carboxylic acids is 1. The van der Waals surface area contributed by atoms with Gasteiger partial charge in [0.25, 0.3) is 0 Å². The fourth-order valence-corrected chi connectivity index (χ4v) is 2.95. The molecule has 1 N–H and O–H groups in total. The molecule has 2 aromatic carbocycles. The molecule has 2 aromatic rings. The first kappa shape index (κ1) is 14.6. The summed E-state index contributed by atoms with van der Waals surface area (Å²) in [6, 6.07) is 13.3. The van der Waals surface area contributed by atoms with Crippen molar-refractivity contribution in [2.75, 3.05) is 13.1 Å². The van der Waals surface area contributed by atoms with Gasteiger partial charge in [0.1, 0.15) is 11.6 Å². The predicted molar refractivity (Wildman–Crippen MR) is 82.1 cm³/mol. The van der Waals surface area contributed by atoms with Crippen molar-refractivity contribution in [2.24, 2.45) is 0 Å². The molecule has 1 aliphatic rings. The molecular weight excluding hydrogens is 281 g/mol. The van der Waals surface area contributed by atoms with Crippen molar-refractivity contribution in [2.45, 2.75) is 18.8 Å². The predicted octanol–water partition coefficient (Wildman–Crippen LogP) is 3.09. The van der Waals surface area contributed by atoms with Crippen LogP contribution < -0.4 is 0 Å². The van der Waals surface area contributed by atoms with Crippen LogP contribution in [0, 0.1) is 5.82 Å². The van der Waals surface area contributed by atoms with Crippen LogP contribution in [0.15, 0.2) is 48.5 Å². The van der Waals surface area contributed by atoms with Gasteiger partial charge in [-0.2, -0.15) is 0 Å². The third kappa shape index (κ3) is 3.27. The third-order valence-electron chi connectivity index (χ3n) is 4.15. The zero-order chi connectivity index (χ0) is 15.5. The lowest BCUT2D eigenvalue weighted by atomic mass is 9.99. The Morgan fingerprint density at radius 1 is 1.23 bits per heavy atom. The van der Waals surface area contributed by atoms with Gasteiger partial charge in [0.15, 0.2) is 0 Å².